The van der Waals surface area contributed by atoms with E-state index >= 15 is 0 Å². The lowest BCUT2D eigenvalue weighted by Crippen LogP contribution is -2.51. The maximum Gasteiger partial charge on any atom is 0.244 e. The van der Waals surface area contributed by atoms with Gasteiger partial charge in [0.15, 0.2) is 0 Å². The molecule has 0 saturated heterocycles. The molecule has 186 valence electrons. The Balaban J connectivity index is 2.37. The van der Waals surface area contributed by atoms with E-state index in [9.17, 15) is 18.0 Å². The third kappa shape index (κ3) is 7.84. The number of anilines is 1. The molecule has 0 aliphatic rings. The summed E-state index contributed by atoms with van der Waals surface area (Å²) in [5.74, 6) is -0.475. The van der Waals surface area contributed by atoms with Crippen LogP contribution in [0.3, 0.4) is 0 Å². The summed E-state index contributed by atoms with van der Waals surface area (Å²) in [5.41, 5.74) is 3.17. The van der Waals surface area contributed by atoms with Gasteiger partial charge in [-0.2, -0.15) is 0 Å². The molecule has 34 heavy (non-hydrogen) atoms. The summed E-state index contributed by atoms with van der Waals surface area (Å²) >= 11 is 3.42. The first-order valence-electron chi connectivity index (χ1n) is 11.2. The van der Waals surface area contributed by atoms with Crippen molar-refractivity contribution in [1.82, 2.24) is 10.2 Å². The first kappa shape index (κ1) is 27.9. The van der Waals surface area contributed by atoms with E-state index in [2.05, 4.69) is 21.2 Å². The number of nitrogens with one attached hydrogen (secondary N) is 1. The van der Waals surface area contributed by atoms with Gasteiger partial charge in [0.05, 0.1) is 11.9 Å². The second kappa shape index (κ2) is 11.8. The highest BCUT2D eigenvalue weighted by Gasteiger charge is 2.30. The molecule has 0 radical (unpaired) electrons. The largest absolute Gasteiger partial charge is 0.354 e. The van der Waals surface area contributed by atoms with Crippen LogP contribution in [0.25, 0.3) is 0 Å². The van der Waals surface area contributed by atoms with Crippen molar-refractivity contribution in [2.75, 3.05) is 23.7 Å². The lowest BCUT2D eigenvalue weighted by molar-refractivity contribution is -0.139. The smallest absolute Gasteiger partial charge is 0.244 e. The predicted octanol–water partition coefficient (Wildman–Crippen LogP) is 4.02. The van der Waals surface area contributed by atoms with E-state index in [-0.39, 0.29) is 18.4 Å². The van der Waals surface area contributed by atoms with E-state index in [4.69, 9.17) is 0 Å². The van der Waals surface area contributed by atoms with Gasteiger partial charge in [-0.1, -0.05) is 59.6 Å². The number of hydrogen-bond acceptors (Lipinski definition) is 4. The van der Waals surface area contributed by atoms with Crippen molar-refractivity contribution in [3.63, 3.8) is 0 Å². The van der Waals surface area contributed by atoms with Crippen molar-refractivity contribution in [3.8, 4) is 0 Å². The molecular weight excluding hydrogens is 518 g/mol. The second-order valence-electron chi connectivity index (χ2n) is 9.03. The maximum atomic E-state index is 13.5. The minimum atomic E-state index is -3.75. The number of rotatable bonds is 10. The summed E-state index contributed by atoms with van der Waals surface area (Å²) in [4.78, 5) is 27.8. The van der Waals surface area contributed by atoms with Crippen LogP contribution in [0.5, 0.6) is 0 Å². The number of halogens is 1. The normalized spacial score (nSPS) is 12.4. The molecular formula is C25H34BrN3O4S. The van der Waals surface area contributed by atoms with Gasteiger partial charge in [0.25, 0.3) is 0 Å². The Morgan fingerprint density at radius 1 is 1.03 bits per heavy atom. The third-order valence-electron chi connectivity index (χ3n) is 5.43. The molecule has 0 spiro atoms. The average Bonchev–Trinajstić information content (AvgIpc) is 2.76. The molecule has 0 aliphatic carbocycles. The predicted molar refractivity (Wildman–Crippen MR) is 140 cm³/mol. The number of benzene rings is 2. The Morgan fingerprint density at radius 2 is 1.65 bits per heavy atom. The summed E-state index contributed by atoms with van der Waals surface area (Å²) in [7, 11) is -3.75. The second-order valence-corrected chi connectivity index (χ2v) is 11.8. The zero-order chi connectivity index (χ0) is 25.6. The molecule has 0 bridgehead atoms. The van der Waals surface area contributed by atoms with Crippen LogP contribution in [0.15, 0.2) is 46.9 Å². The fourth-order valence-corrected chi connectivity index (χ4v) is 4.41. The molecule has 2 rings (SSSR count). The molecule has 1 N–H and O–H groups in total. The van der Waals surface area contributed by atoms with Crippen molar-refractivity contribution in [2.45, 2.75) is 47.2 Å². The fraction of sp³-hybridized carbons (Fsp3) is 0.440. The average molecular weight is 553 g/mol. The highest BCUT2D eigenvalue weighted by molar-refractivity contribution is 9.10. The summed E-state index contributed by atoms with van der Waals surface area (Å²) in [5, 5.41) is 2.87. The molecule has 2 aromatic rings. The zero-order valence-corrected chi connectivity index (χ0v) is 23.0. The van der Waals surface area contributed by atoms with Crippen molar-refractivity contribution >= 4 is 43.5 Å². The van der Waals surface area contributed by atoms with Gasteiger partial charge < -0.3 is 10.2 Å². The Morgan fingerprint density at radius 3 is 2.18 bits per heavy atom. The molecule has 0 heterocycles. The van der Waals surface area contributed by atoms with E-state index in [0.29, 0.717) is 12.2 Å². The number of carbonyl (C=O) groups is 2. The lowest BCUT2D eigenvalue weighted by atomic mass is 10.1. The van der Waals surface area contributed by atoms with Gasteiger partial charge in [0, 0.05) is 17.6 Å². The van der Waals surface area contributed by atoms with Crippen molar-refractivity contribution in [2.24, 2.45) is 5.92 Å². The molecule has 0 saturated carbocycles. The number of amides is 2. The quantitative estimate of drug-likeness (QED) is 0.483. The summed E-state index contributed by atoms with van der Waals surface area (Å²) < 4.78 is 27.2. The van der Waals surface area contributed by atoms with E-state index < -0.39 is 28.5 Å². The monoisotopic (exact) mass is 551 g/mol. The fourth-order valence-electron chi connectivity index (χ4n) is 3.32. The lowest BCUT2D eigenvalue weighted by Gasteiger charge is -2.31. The summed E-state index contributed by atoms with van der Waals surface area (Å²) in [6.45, 7) is 9.73. The Labute approximate surface area is 211 Å². The SMILES string of the molecule is Cc1ccc(CN(C(=O)CN(c2ccc(Br)c(C)c2)S(C)(=O)=O)C(C)C(=O)NCC(C)C)cc1. The highest BCUT2D eigenvalue weighted by atomic mass is 79.9. The van der Waals surface area contributed by atoms with Gasteiger partial charge in [0.1, 0.15) is 12.6 Å². The van der Waals surface area contributed by atoms with E-state index in [1.165, 1.54) is 4.90 Å². The Kier molecular flexibility index (Phi) is 9.70. The Hall–Kier alpha value is -2.39. The van der Waals surface area contributed by atoms with Gasteiger partial charge in [-0.05, 0) is 56.0 Å². The number of aryl methyl sites for hydroxylation is 2. The van der Waals surface area contributed by atoms with Crippen molar-refractivity contribution in [1.29, 1.82) is 0 Å². The maximum absolute atomic E-state index is 13.5. The minimum Gasteiger partial charge on any atom is -0.354 e. The van der Waals surface area contributed by atoms with Gasteiger partial charge in [-0.25, -0.2) is 8.42 Å². The Bertz CT molecular complexity index is 1120. The van der Waals surface area contributed by atoms with Gasteiger partial charge in [-0.3, -0.25) is 13.9 Å². The number of hydrogen-bond donors (Lipinski definition) is 1. The number of carbonyl (C=O) groups excluding carboxylic acids is 2. The van der Waals surface area contributed by atoms with Crippen molar-refractivity contribution < 1.29 is 18.0 Å². The third-order valence-corrected chi connectivity index (χ3v) is 7.46. The van der Waals surface area contributed by atoms with Crippen LogP contribution in [-0.4, -0.2) is 50.5 Å². The van der Waals surface area contributed by atoms with Crippen LogP contribution in [0, 0.1) is 19.8 Å². The standard InChI is InChI=1S/C25H34BrN3O4S/c1-17(2)14-27-25(31)20(5)28(15-21-9-7-18(3)8-10-21)24(30)16-29(34(6,32)33)22-11-12-23(26)19(4)13-22/h7-13,17,20H,14-16H2,1-6H3,(H,27,31). The number of sulfonamides is 1. The molecule has 7 nitrogen and oxygen atoms in total. The van der Waals surface area contributed by atoms with Gasteiger partial charge >= 0.3 is 0 Å². The molecule has 1 atom stereocenters. The van der Waals surface area contributed by atoms with Gasteiger partial charge in [0.2, 0.25) is 21.8 Å². The van der Waals surface area contributed by atoms with Crippen LogP contribution < -0.4 is 9.62 Å². The van der Waals surface area contributed by atoms with E-state index in [1.54, 1.807) is 25.1 Å². The highest BCUT2D eigenvalue weighted by Crippen LogP contribution is 2.25. The molecule has 0 aliphatic heterocycles. The minimum absolute atomic E-state index is 0.187. The van der Waals surface area contributed by atoms with Crippen LogP contribution in [-0.2, 0) is 26.2 Å². The zero-order valence-electron chi connectivity index (χ0n) is 20.6. The van der Waals surface area contributed by atoms with Crippen molar-refractivity contribution in [3.05, 3.63) is 63.6 Å². The molecule has 0 fully saturated rings. The first-order valence-corrected chi connectivity index (χ1v) is 13.8. The van der Waals surface area contributed by atoms with Gasteiger partial charge in [-0.15, -0.1) is 0 Å². The van der Waals surface area contributed by atoms with Crippen LogP contribution >= 0.6 is 15.9 Å². The summed E-state index contributed by atoms with van der Waals surface area (Å²) in [6.07, 6.45) is 1.07. The van der Waals surface area contributed by atoms with Crippen LogP contribution in [0.2, 0.25) is 0 Å². The van der Waals surface area contributed by atoms with E-state index in [0.717, 1.165) is 31.7 Å². The molecule has 0 aromatic heterocycles. The topological polar surface area (TPSA) is 86.8 Å². The number of nitrogens with zero attached hydrogens (tertiary/aromatic N) is 2. The molecule has 9 heteroatoms. The van der Waals surface area contributed by atoms with E-state index in [1.807, 2.05) is 52.0 Å². The van der Waals surface area contributed by atoms with Crippen LogP contribution in [0.4, 0.5) is 5.69 Å². The molecule has 2 aromatic carbocycles. The molecule has 2 amide bonds. The van der Waals surface area contributed by atoms with Crippen LogP contribution in [0.1, 0.15) is 37.5 Å². The first-order chi connectivity index (χ1) is 15.8. The molecule has 1 unspecified atom stereocenters. The summed E-state index contributed by atoms with van der Waals surface area (Å²) in [6, 6.07) is 12.0.